The van der Waals surface area contributed by atoms with Crippen molar-refractivity contribution in [3.8, 4) is 5.75 Å². The van der Waals surface area contributed by atoms with Crippen LogP contribution in [0, 0.1) is 0 Å². The molecule has 1 unspecified atom stereocenters. The van der Waals surface area contributed by atoms with Gasteiger partial charge in [-0.15, -0.1) is 0 Å². The summed E-state index contributed by atoms with van der Waals surface area (Å²) in [6, 6.07) is 25.0. The third-order valence-electron chi connectivity index (χ3n) is 7.09. The summed E-state index contributed by atoms with van der Waals surface area (Å²) in [4.78, 5) is 17.1. The molecule has 0 aromatic heterocycles. The van der Waals surface area contributed by atoms with Crippen LogP contribution >= 0.6 is 0 Å². The average molecular weight is 486 g/mol. The molecule has 36 heavy (non-hydrogen) atoms. The SMILES string of the molecule is O=C(COc1cccc2c1CCCN2Cc1ccccc1)NCC(O)CN1CCc2ccccc2C1. The number of fused-ring (bicyclic) bond motifs is 2. The molecule has 2 heterocycles. The molecule has 2 aliphatic rings. The van der Waals surface area contributed by atoms with Crippen molar-refractivity contribution in [2.45, 2.75) is 38.5 Å². The molecule has 2 N–H and O–H groups in total. The number of anilines is 1. The number of rotatable bonds is 9. The highest BCUT2D eigenvalue weighted by molar-refractivity contribution is 5.77. The first-order valence-electron chi connectivity index (χ1n) is 12.9. The number of nitrogens with zero attached hydrogens (tertiary/aromatic N) is 2. The third kappa shape index (κ3) is 6.07. The van der Waals surface area contributed by atoms with Gasteiger partial charge in [0.15, 0.2) is 6.61 Å². The normalized spacial score (nSPS) is 16.1. The molecule has 6 heteroatoms. The molecular weight excluding hydrogens is 450 g/mol. The van der Waals surface area contributed by atoms with E-state index in [1.165, 1.54) is 22.4 Å². The second kappa shape index (κ2) is 11.6. The van der Waals surface area contributed by atoms with Gasteiger partial charge in [-0.3, -0.25) is 9.69 Å². The Labute approximate surface area is 213 Å². The molecule has 3 aromatic rings. The fourth-order valence-corrected chi connectivity index (χ4v) is 5.27. The molecule has 1 amide bonds. The van der Waals surface area contributed by atoms with Crippen LogP contribution in [0.1, 0.15) is 28.7 Å². The van der Waals surface area contributed by atoms with Crippen LogP contribution in [0.2, 0.25) is 0 Å². The molecule has 188 valence electrons. The molecule has 0 radical (unpaired) electrons. The third-order valence-corrected chi connectivity index (χ3v) is 7.09. The summed E-state index contributed by atoms with van der Waals surface area (Å²) in [5.74, 6) is 0.556. The van der Waals surface area contributed by atoms with Gasteiger partial charge in [-0.1, -0.05) is 60.7 Å². The van der Waals surface area contributed by atoms with Gasteiger partial charge < -0.3 is 20.1 Å². The van der Waals surface area contributed by atoms with Crippen molar-refractivity contribution in [2.24, 2.45) is 0 Å². The maximum absolute atomic E-state index is 12.5. The standard InChI is InChI=1S/C30H35N3O3/c34-26(21-32-17-15-24-10-4-5-11-25(24)20-32)18-31-30(35)22-36-29-14-6-13-28-27(29)12-7-16-33(28)19-23-8-2-1-3-9-23/h1-6,8-11,13-14,26,34H,7,12,15-22H2,(H,31,35). The van der Waals surface area contributed by atoms with Gasteiger partial charge in [-0.05, 0) is 48.1 Å². The molecule has 3 aromatic carbocycles. The maximum atomic E-state index is 12.5. The number of hydrogen-bond donors (Lipinski definition) is 2. The minimum absolute atomic E-state index is 0.0566. The molecular formula is C30H35N3O3. The van der Waals surface area contributed by atoms with Crippen LogP contribution < -0.4 is 15.0 Å². The first kappa shape index (κ1) is 24.3. The largest absolute Gasteiger partial charge is 0.483 e. The number of β-amino-alcohol motifs (C(OH)–C–C–N with tert-alkyl or cyclic N) is 1. The first-order valence-corrected chi connectivity index (χ1v) is 12.9. The zero-order valence-electron chi connectivity index (χ0n) is 20.7. The fraction of sp³-hybridized carbons (Fsp3) is 0.367. The number of benzene rings is 3. The topological polar surface area (TPSA) is 65.0 Å². The van der Waals surface area contributed by atoms with Gasteiger partial charge in [0.05, 0.1) is 6.10 Å². The second-order valence-electron chi connectivity index (χ2n) is 9.76. The Morgan fingerprint density at radius 1 is 0.944 bits per heavy atom. The Morgan fingerprint density at radius 3 is 2.61 bits per heavy atom. The molecule has 0 saturated heterocycles. The number of amides is 1. The smallest absolute Gasteiger partial charge is 0.258 e. The van der Waals surface area contributed by atoms with Crippen molar-refractivity contribution < 1.29 is 14.6 Å². The van der Waals surface area contributed by atoms with Crippen LogP contribution in [0.25, 0.3) is 0 Å². The summed E-state index contributed by atoms with van der Waals surface area (Å²) in [7, 11) is 0. The Morgan fingerprint density at radius 2 is 1.75 bits per heavy atom. The van der Waals surface area contributed by atoms with E-state index >= 15 is 0 Å². The highest BCUT2D eigenvalue weighted by atomic mass is 16.5. The summed E-state index contributed by atoms with van der Waals surface area (Å²) in [6.45, 7) is 4.33. The maximum Gasteiger partial charge on any atom is 0.258 e. The summed E-state index contributed by atoms with van der Waals surface area (Å²) in [5, 5.41) is 13.3. The van der Waals surface area contributed by atoms with Gasteiger partial charge >= 0.3 is 0 Å². The highest BCUT2D eigenvalue weighted by Gasteiger charge is 2.22. The van der Waals surface area contributed by atoms with E-state index in [1.54, 1.807) is 0 Å². The monoisotopic (exact) mass is 485 g/mol. The number of carbonyl (C=O) groups excluding carboxylic acids is 1. The number of aliphatic hydroxyl groups is 1. The van der Waals surface area contributed by atoms with Crippen LogP contribution in [-0.4, -0.2) is 54.8 Å². The van der Waals surface area contributed by atoms with Crippen molar-refractivity contribution >= 4 is 11.6 Å². The van der Waals surface area contributed by atoms with E-state index < -0.39 is 6.10 Å². The predicted octanol–water partition coefficient (Wildman–Crippen LogP) is 3.55. The number of nitrogens with one attached hydrogen (secondary N) is 1. The van der Waals surface area contributed by atoms with E-state index in [2.05, 4.69) is 69.7 Å². The molecule has 0 spiro atoms. The number of aliphatic hydroxyl groups excluding tert-OH is 1. The van der Waals surface area contributed by atoms with E-state index in [0.717, 1.165) is 56.8 Å². The predicted molar refractivity (Wildman–Crippen MR) is 142 cm³/mol. The van der Waals surface area contributed by atoms with Crippen molar-refractivity contribution in [3.63, 3.8) is 0 Å². The second-order valence-corrected chi connectivity index (χ2v) is 9.76. The van der Waals surface area contributed by atoms with E-state index in [-0.39, 0.29) is 19.1 Å². The van der Waals surface area contributed by atoms with Crippen molar-refractivity contribution in [1.82, 2.24) is 10.2 Å². The number of hydrogen-bond acceptors (Lipinski definition) is 5. The van der Waals surface area contributed by atoms with Gasteiger partial charge in [-0.2, -0.15) is 0 Å². The average Bonchev–Trinajstić information content (AvgIpc) is 2.91. The summed E-state index contributed by atoms with van der Waals surface area (Å²) < 4.78 is 5.96. The van der Waals surface area contributed by atoms with Gasteiger partial charge in [-0.25, -0.2) is 0 Å². The Kier molecular flexibility index (Phi) is 7.84. The van der Waals surface area contributed by atoms with E-state index in [4.69, 9.17) is 4.74 Å². The molecule has 6 nitrogen and oxygen atoms in total. The van der Waals surface area contributed by atoms with E-state index in [0.29, 0.717) is 6.54 Å². The summed E-state index contributed by atoms with van der Waals surface area (Å²) in [6.07, 6.45) is 2.37. The Bertz CT molecular complexity index is 1170. The van der Waals surface area contributed by atoms with E-state index in [1.807, 2.05) is 18.2 Å². The zero-order chi connectivity index (χ0) is 24.7. The first-order chi connectivity index (χ1) is 17.7. The lowest BCUT2D eigenvalue weighted by Gasteiger charge is -2.32. The molecule has 0 bridgehead atoms. The lowest BCUT2D eigenvalue weighted by atomic mass is 10.00. The fourth-order valence-electron chi connectivity index (χ4n) is 5.27. The van der Waals surface area contributed by atoms with Gasteiger partial charge in [0.2, 0.25) is 0 Å². The molecule has 1 atom stereocenters. The Balaban J connectivity index is 1.10. The van der Waals surface area contributed by atoms with Gasteiger partial charge in [0.1, 0.15) is 5.75 Å². The lowest BCUT2D eigenvalue weighted by Crippen LogP contribution is -2.42. The van der Waals surface area contributed by atoms with Crippen molar-refractivity contribution in [3.05, 3.63) is 95.1 Å². The van der Waals surface area contributed by atoms with Gasteiger partial charge in [0.25, 0.3) is 5.91 Å². The molecule has 2 aliphatic heterocycles. The minimum atomic E-state index is -0.616. The molecule has 0 saturated carbocycles. The lowest BCUT2D eigenvalue weighted by molar-refractivity contribution is -0.123. The van der Waals surface area contributed by atoms with Crippen LogP contribution in [0.3, 0.4) is 0 Å². The zero-order valence-corrected chi connectivity index (χ0v) is 20.7. The molecule has 0 aliphatic carbocycles. The quantitative estimate of drug-likeness (QED) is 0.485. The van der Waals surface area contributed by atoms with Crippen LogP contribution in [0.15, 0.2) is 72.8 Å². The van der Waals surface area contributed by atoms with Crippen molar-refractivity contribution in [1.29, 1.82) is 0 Å². The summed E-state index contributed by atoms with van der Waals surface area (Å²) >= 11 is 0. The van der Waals surface area contributed by atoms with Gasteiger partial charge in [0, 0.05) is 50.5 Å². The minimum Gasteiger partial charge on any atom is -0.483 e. The number of ether oxygens (including phenoxy) is 1. The van der Waals surface area contributed by atoms with E-state index in [9.17, 15) is 9.90 Å². The summed E-state index contributed by atoms with van der Waals surface area (Å²) in [5.41, 5.74) is 6.34. The highest BCUT2D eigenvalue weighted by Crippen LogP contribution is 2.35. The molecule has 0 fully saturated rings. The molecule has 5 rings (SSSR count). The van der Waals surface area contributed by atoms with Crippen LogP contribution in [-0.2, 0) is 30.7 Å². The van der Waals surface area contributed by atoms with Crippen molar-refractivity contribution in [2.75, 3.05) is 37.7 Å². The number of carbonyl (C=O) groups is 1. The van der Waals surface area contributed by atoms with Crippen LogP contribution in [0.4, 0.5) is 5.69 Å². The Hall–Kier alpha value is -3.35. The van der Waals surface area contributed by atoms with Crippen LogP contribution in [0.5, 0.6) is 5.75 Å².